The number of benzene rings is 6. The van der Waals surface area contributed by atoms with Gasteiger partial charge in [-0.05, 0) is 47.5 Å². The number of nitrogens with zero attached hydrogens (tertiary/aromatic N) is 4. The summed E-state index contributed by atoms with van der Waals surface area (Å²) in [5.74, 6) is 1.76. The molecule has 0 N–H and O–H groups in total. The lowest BCUT2D eigenvalue weighted by Crippen LogP contribution is -2.55. The zero-order valence-corrected chi connectivity index (χ0v) is 31.1. The average Bonchev–Trinajstić information content (AvgIpc) is 3.79. The lowest BCUT2D eigenvalue weighted by Gasteiger charge is -2.45. The third-order valence-electron chi connectivity index (χ3n) is 9.58. The molecule has 6 aromatic carbocycles. The maximum absolute atomic E-state index is 7.16. The first-order chi connectivity index (χ1) is 25.9. The predicted octanol–water partition coefficient (Wildman–Crippen LogP) is 11.3. The normalized spacial score (nSPS) is 16.7. The topological polar surface area (TPSA) is 51.9 Å². The van der Waals surface area contributed by atoms with Gasteiger partial charge < -0.3 is 9.47 Å². The zero-order valence-electron chi connectivity index (χ0n) is 28.8. The van der Waals surface area contributed by atoms with E-state index in [4.69, 9.17) is 54.3 Å². The van der Waals surface area contributed by atoms with Gasteiger partial charge in [-0.3, -0.25) is 10.0 Å². The second-order valence-electron chi connectivity index (χ2n) is 12.5. The number of aromatic nitrogens is 2. The molecule has 0 saturated heterocycles. The number of methoxy groups -OCH3 is 2. The van der Waals surface area contributed by atoms with Crippen molar-refractivity contribution in [3.8, 4) is 34.1 Å². The highest BCUT2D eigenvalue weighted by atomic mass is 35.5. The summed E-state index contributed by atoms with van der Waals surface area (Å²) in [4.78, 5) is 11.0. The largest absolute Gasteiger partial charge is 0.493 e. The van der Waals surface area contributed by atoms with Gasteiger partial charge >= 0.3 is 0 Å². The van der Waals surface area contributed by atoms with Gasteiger partial charge in [0.25, 0.3) is 0 Å². The van der Waals surface area contributed by atoms with E-state index in [1.165, 1.54) is 0 Å². The summed E-state index contributed by atoms with van der Waals surface area (Å²) in [6, 6.07) is 49.6. The molecule has 2 unspecified atom stereocenters. The van der Waals surface area contributed by atoms with Gasteiger partial charge in [0.1, 0.15) is 0 Å². The molecule has 1 aliphatic heterocycles. The van der Waals surface area contributed by atoms with Crippen molar-refractivity contribution < 1.29 is 9.47 Å². The highest BCUT2D eigenvalue weighted by molar-refractivity contribution is 6.35. The number of imidazole rings is 1. The van der Waals surface area contributed by atoms with Crippen LogP contribution >= 0.6 is 34.8 Å². The Bertz CT molecular complexity index is 2450. The van der Waals surface area contributed by atoms with E-state index in [2.05, 4.69) is 21.8 Å². The molecule has 0 spiro atoms. The summed E-state index contributed by atoms with van der Waals surface area (Å²) in [6.45, 7) is 0. The lowest BCUT2D eigenvalue weighted by molar-refractivity contribution is 0.353. The van der Waals surface area contributed by atoms with Crippen LogP contribution in [0.4, 0.5) is 0 Å². The molecule has 7 aromatic rings. The predicted molar refractivity (Wildman–Crippen MR) is 215 cm³/mol. The Hall–Kier alpha value is -5.53. The van der Waals surface area contributed by atoms with Crippen molar-refractivity contribution in [2.24, 2.45) is 4.99 Å². The maximum Gasteiger partial charge on any atom is 0.164 e. The molecule has 0 fully saturated rings. The van der Waals surface area contributed by atoms with Crippen molar-refractivity contribution in [1.82, 2.24) is 9.66 Å². The van der Waals surface area contributed by atoms with E-state index in [1.807, 2.05) is 146 Å². The number of ether oxygens (including phenoxy) is 2. The molecule has 2 heterocycles. The molecule has 0 radical (unpaired) electrons. The lowest BCUT2D eigenvalue weighted by atomic mass is 9.76. The molecule has 6 nitrogen and oxygen atoms in total. The second kappa shape index (κ2) is 14.5. The van der Waals surface area contributed by atoms with Crippen molar-refractivity contribution in [1.29, 1.82) is 0 Å². The maximum atomic E-state index is 7.16. The van der Waals surface area contributed by atoms with Crippen LogP contribution in [0.3, 0.4) is 0 Å². The Balaban J connectivity index is 1.56. The Morgan fingerprint density at radius 2 is 1.17 bits per heavy atom. The Kier molecular flexibility index (Phi) is 9.44. The molecule has 262 valence electrons. The van der Waals surface area contributed by atoms with Gasteiger partial charge in [-0.2, -0.15) is 0 Å². The van der Waals surface area contributed by atoms with Crippen LogP contribution in [0.1, 0.15) is 28.4 Å². The molecule has 53 heavy (non-hydrogen) atoms. The van der Waals surface area contributed by atoms with Crippen molar-refractivity contribution >= 4 is 40.5 Å². The van der Waals surface area contributed by atoms with Crippen LogP contribution in [0.15, 0.2) is 163 Å². The fraction of sp³-hybridized carbons (Fsp3) is 0.0909. The van der Waals surface area contributed by atoms with E-state index in [0.29, 0.717) is 38.1 Å². The number of rotatable bonds is 9. The summed E-state index contributed by atoms with van der Waals surface area (Å²) in [5.41, 5.74) is 5.26. The Morgan fingerprint density at radius 3 is 1.81 bits per heavy atom. The van der Waals surface area contributed by atoms with Gasteiger partial charge in [0, 0.05) is 32.3 Å². The van der Waals surface area contributed by atoms with E-state index in [1.54, 1.807) is 14.2 Å². The molecular formula is C44H33Cl3N4O2. The van der Waals surface area contributed by atoms with Crippen LogP contribution in [-0.2, 0) is 5.54 Å². The SMILES string of the molecule is COc1ccc(C2(c3ccccc3)C(c3ccccc3Cl)=NC(c3ccccc3Cl)N2n2cc(-c3ccccc3)nc2-c2ccccc2Cl)cc1OC. The van der Waals surface area contributed by atoms with Crippen LogP contribution in [0.2, 0.25) is 15.1 Å². The monoisotopic (exact) mass is 754 g/mol. The second-order valence-corrected chi connectivity index (χ2v) is 13.7. The highest BCUT2D eigenvalue weighted by Gasteiger charge is 2.55. The Labute approximate surface area is 323 Å². The Morgan fingerprint density at radius 1 is 0.585 bits per heavy atom. The molecule has 1 aromatic heterocycles. The first-order valence-corrected chi connectivity index (χ1v) is 18.1. The smallest absolute Gasteiger partial charge is 0.164 e. The fourth-order valence-corrected chi connectivity index (χ4v) is 7.88. The third-order valence-corrected chi connectivity index (χ3v) is 10.6. The first-order valence-electron chi connectivity index (χ1n) is 17.0. The van der Waals surface area contributed by atoms with Gasteiger partial charge in [-0.25, -0.2) is 9.66 Å². The summed E-state index contributed by atoms with van der Waals surface area (Å²) < 4.78 is 13.8. The number of halogens is 3. The fourth-order valence-electron chi connectivity index (χ4n) is 7.20. The van der Waals surface area contributed by atoms with Gasteiger partial charge in [-0.15, -0.1) is 0 Å². The molecule has 1 aliphatic rings. The molecule has 0 amide bonds. The first kappa shape index (κ1) is 34.6. The highest BCUT2D eigenvalue weighted by Crippen LogP contribution is 2.52. The van der Waals surface area contributed by atoms with E-state index in [-0.39, 0.29) is 0 Å². The minimum Gasteiger partial charge on any atom is -0.493 e. The molecule has 0 bridgehead atoms. The molecule has 0 aliphatic carbocycles. The van der Waals surface area contributed by atoms with Gasteiger partial charge in [0.2, 0.25) is 0 Å². The van der Waals surface area contributed by atoms with Crippen LogP contribution in [0.5, 0.6) is 11.5 Å². The van der Waals surface area contributed by atoms with Gasteiger partial charge in [0.15, 0.2) is 29.0 Å². The van der Waals surface area contributed by atoms with Crippen LogP contribution in [0.25, 0.3) is 22.6 Å². The van der Waals surface area contributed by atoms with Crippen molar-refractivity contribution in [2.45, 2.75) is 11.7 Å². The van der Waals surface area contributed by atoms with E-state index in [9.17, 15) is 0 Å². The van der Waals surface area contributed by atoms with Crippen LogP contribution in [-0.4, -0.2) is 29.6 Å². The number of hydrogen-bond donors (Lipinski definition) is 0. The molecular weight excluding hydrogens is 723 g/mol. The minimum atomic E-state index is -1.18. The van der Waals surface area contributed by atoms with Gasteiger partial charge in [0.05, 0.1) is 36.8 Å². The summed E-state index contributed by atoms with van der Waals surface area (Å²) in [5, 5.41) is 3.90. The van der Waals surface area contributed by atoms with Crippen LogP contribution in [0, 0.1) is 0 Å². The third kappa shape index (κ3) is 5.93. The summed E-state index contributed by atoms with van der Waals surface area (Å²) >= 11 is 21.3. The molecule has 8 rings (SSSR count). The van der Waals surface area contributed by atoms with E-state index >= 15 is 0 Å². The number of hydrogen-bond acceptors (Lipinski definition) is 5. The van der Waals surface area contributed by atoms with E-state index in [0.717, 1.165) is 39.1 Å². The summed E-state index contributed by atoms with van der Waals surface area (Å²) in [6.07, 6.45) is 1.35. The van der Waals surface area contributed by atoms with Crippen molar-refractivity contribution in [3.05, 3.63) is 195 Å². The molecule has 9 heteroatoms. The quantitative estimate of drug-likeness (QED) is 0.147. The van der Waals surface area contributed by atoms with Crippen LogP contribution < -0.4 is 14.5 Å². The van der Waals surface area contributed by atoms with Gasteiger partial charge in [-0.1, -0.05) is 150 Å². The average molecular weight is 756 g/mol. The summed E-state index contributed by atoms with van der Waals surface area (Å²) in [7, 11) is 3.26. The number of aliphatic imine (C=N–C) groups is 1. The molecule has 0 saturated carbocycles. The minimum absolute atomic E-state index is 0.550. The zero-order chi connectivity index (χ0) is 36.5. The van der Waals surface area contributed by atoms with E-state index < -0.39 is 11.7 Å². The van der Waals surface area contributed by atoms with Crippen molar-refractivity contribution in [3.63, 3.8) is 0 Å². The standard InChI is InChI=1S/C44H33Cl3N4O2/c1-52-39-26-25-31(27-40(39)53-2)44(30-17-7-4-8-18-30)41(32-19-9-12-22-35(32)45)49-43(34-21-11-14-24-37(34)47)51(44)50-28-38(29-15-5-3-6-16-29)48-42(50)33-20-10-13-23-36(33)46/h3-28,43H,1-2H3. The molecule has 2 atom stereocenters. The van der Waals surface area contributed by atoms with Crippen molar-refractivity contribution in [2.75, 3.05) is 19.2 Å².